The fraction of sp³-hybridized carbons (Fsp3) is 0.333. The third-order valence-electron chi connectivity index (χ3n) is 4.25. The molecule has 0 saturated carbocycles. The van der Waals surface area contributed by atoms with E-state index in [1.165, 1.54) is 31.4 Å². The first-order chi connectivity index (χ1) is 13.0. The number of carbonyl (C=O) groups excluding carboxylic acids is 2. The minimum Gasteiger partial charge on any atom is -0.463 e. The zero-order chi connectivity index (χ0) is 19.4. The minimum atomic E-state index is -0.698. The molecule has 1 aliphatic rings. The summed E-state index contributed by atoms with van der Waals surface area (Å²) < 4.78 is 15.0. The highest BCUT2D eigenvalue weighted by molar-refractivity contribution is 5.96. The molecule has 0 spiro atoms. The summed E-state index contributed by atoms with van der Waals surface area (Å²) in [6, 6.07) is 7.08. The van der Waals surface area contributed by atoms with Crippen LogP contribution in [0.15, 0.2) is 34.7 Å². The second kappa shape index (κ2) is 7.90. The quantitative estimate of drug-likeness (QED) is 0.431. The van der Waals surface area contributed by atoms with Gasteiger partial charge in [0.1, 0.15) is 12.4 Å². The van der Waals surface area contributed by atoms with Gasteiger partial charge in [-0.2, -0.15) is 0 Å². The Labute approximate surface area is 154 Å². The van der Waals surface area contributed by atoms with Crippen molar-refractivity contribution in [2.75, 3.05) is 25.1 Å². The number of anilines is 1. The Morgan fingerprint density at radius 1 is 1.19 bits per heavy atom. The molecule has 1 aromatic heterocycles. The van der Waals surface area contributed by atoms with Crippen LogP contribution in [0.2, 0.25) is 0 Å². The average Bonchev–Trinajstić information content (AvgIpc) is 3.36. The molecule has 0 amide bonds. The lowest BCUT2D eigenvalue weighted by atomic mass is 10.1. The third kappa shape index (κ3) is 4.08. The van der Waals surface area contributed by atoms with Crippen LogP contribution in [0.1, 0.15) is 39.5 Å². The molecule has 0 radical (unpaired) electrons. The normalized spacial score (nSPS) is 13.4. The molecule has 0 unspecified atom stereocenters. The van der Waals surface area contributed by atoms with Crippen LogP contribution in [0.5, 0.6) is 0 Å². The van der Waals surface area contributed by atoms with Gasteiger partial charge in [-0.05, 0) is 31.0 Å². The Morgan fingerprint density at radius 3 is 2.59 bits per heavy atom. The number of hydrogen-bond donors (Lipinski definition) is 0. The Morgan fingerprint density at radius 2 is 1.93 bits per heavy atom. The number of furan rings is 1. The van der Waals surface area contributed by atoms with Gasteiger partial charge in [0.25, 0.3) is 5.69 Å². The third-order valence-corrected chi connectivity index (χ3v) is 4.25. The van der Waals surface area contributed by atoms with Gasteiger partial charge in [-0.3, -0.25) is 10.1 Å². The number of hydrogen-bond acceptors (Lipinski definition) is 8. The number of non-ortho nitro benzene ring substituents is 1. The van der Waals surface area contributed by atoms with E-state index in [1.807, 2.05) is 4.90 Å². The van der Waals surface area contributed by atoms with Gasteiger partial charge < -0.3 is 18.8 Å². The molecule has 2 heterocycles. The number of nitro benzene ring substituents is 1. The molecule has 0 bridgehead atoms. The summed E-state index contributed by atoms with van der Waals surface area (Å²) in [6.07, 6.45) is 1.99. The Kier molecular flexibility index (Phi) is 5.39. The van der Waals surface area contributed by atoms with Crippen LogP contribution in [0.4, 0.5) is 11.4 Å². The fourth-order valence-electron chi connectivity index (χ4n) is 2.92. The van der Waals surface area contributed by atoms with E-state index in [2.05, 4.69) is 4.74 Å². The molecule has 3 rings (SSSR count). The highest BCUT2D eigenvalue weighted by Crippen LogP contribution is 2.29. The molecule has 0 atom stereocenters. The lowest BCUT2D eigenvalue weighted by molar-refractivity contribution is -0.384. The molecule has 1 fully saturated rings. The molecule has 0 aliphatic carbocycles. The van der Waals surface area contributed by atoms with Crippen LogP contribution in [0.3, 0.4) is 0 Å². The van der Waals surface area contributed by atoms with Crippen molar-refractivity contribution < 1.29 is 28.4 Å². The number of nitrogens with zero attached hydrogens (tertiary/aromatic N) is 2. The van der Waals surface area contributed by atoms with Gasteiger partial charge in [0, 0.05) is 25.2 Å². The SMILES string of the molecule is COC(=O)c1ccc(COC(=O)c2cc([N+](=O)[O-])ccc2N2CCCC2)o1. The summed E-state index contributed by atoms with van der Waals surface area (Å²) in [7, 11) is 1.23. The summed E-state index contributed by atoms with van der Waals surface area (Å²) in [5.41, 5.74) is 0.555. The van der Waals surface area contributed by atoms with Crippen molar-refractivity contribution >= 4 is 23.3 Å². The van der Waals surface area contributed by atoms with Gasteiger partial charge in [0.2, 0.25) is 5.76 Å². The predicted octanol–water partition coefficient (Wildman–Crippen LogP) is 2.93. The highest BCUT2D eigenvalue weighted by atomic mass is 16.6. The smallest absolute Gasteiger partial charge is 0.373 e. The maximum absolute atomic E-state index is 12.6. The molecule has 1 aliphatic heterocycles. The van der Waals surface area contributed by atoms with E-state index in [1.54, 1.807) is 6.07 Å². The molecule has 1 aromatic carbocycles. The first kappa shape index (κ1) is 18.4. The molecular formula is C18H18N2O7. The zero-order valence-corrected chi connectivity index (χ0v) is 14.7. The van der Waals surface area contributed by atoms with Crippen LogP contribution >= 0.6 is 0 Å². The topological polar surface area (TPSA) is 112 Å². The van der Waals surface area contributed by atoms with Gasteiger partial charge in [-0.15, -0.1) is 0 Å². The first-order valence-corrected chi connectivity index (χ1v) is 8.37. The van der Waals surface area contributed by atoms with E-state index in [9.17, 15) is 19.7 Å². The second-order valence-corrected chi connectivity index (χ2v) is 5.99. The number of benzene rings is 1. The largest absolute Gasteiger partial charge is 0.463 e. The monoisotopic (exact) mass is 374 g/mol. The molecule has 142 valence electrons. The zero-order valence-electron chi connectivity index (χ0n) is 14.7. The molecule has 9 heteroatoms. The maximum atomic E-state index is 12.6. The molecule has 9 nitrogen and oxygen atoms in total. The van der Waals surface area contributed by atoms with Crippen molar-refractivity contribution in [2.24, 2.45) is 0 Å². The van der Waals surface area contributed by atoms with E-state index in [0.717, 1.165) is 25.9 Å². The van der Waals surface area contributed by atoms with Crippen molar-refractivity contribution in [3.05, 3.63) is 57.5 Å². The average molecular weight is 374 g/mol. The summed E-state index contributed by atoms with van der Waals surface area (Å²) in [5.74, 6) is -1.08. The Bertz CT molecular complexity index is 868. The van der Waals surface area contributed by atoms with Crippen molar-refractivity contribution in [3.63, 3.8) is 0 Å². The van der Waals surface area contributed by atoms with Crippen molar-refractivity contribution in [2.45, 2.75) is 19.4 Å². The summed E-state index contributed by atoms with van der Waals surface area (Å²) in [6.45, 7) is 1.34. The van der Waals surface area contributed by atoms with E-state index < -0.39 is 16.9 Å². The Hall–Kier alpha value is -3.36. The van der Waals surface area contributed by atoms with Crippen LogP contribution in [0.25, 0.3) is 0 Å². The number of rotatable bonds is 6. The molecule has 1 saturated heterocycles. The van der Waals surface area contributed by atoms with Crippen molar-refractivity contribution in [1.29, 1.82) is 0 Å². The van der Waals surface area contributed by atoms with Gasteiger partial charge in [-0.25, -0.2) is 9.59 Å². The fourth-order valence-corrected chi connectivity index (χ4v) is 2.92. The van der Waals surface area contributed by atoms with E-state index in [4.69, 9.17) is 9.15 Å². The minimum absolute atomic E-state index is 0.00310. The summed E-state index contributed by atoms with van der Waals surface area (Å²) in [5, 5.41) is 11.1. The molecular weight excluding hydrogens is 356 g/mol. The van der Waals surface area contributed by atoms with Crippen LogP contribution in [0, 0.1) is 10.1 Å². The summed E-state index contributed by atoms with van der Waals surface area (Å²) >= 11 is 0. The second-order valence-electron chi connectivity index (χ2n) is 5.99. The number of esters is 2. The lowest BCUT2D eigenvalue weighted by Crippen LogP contribution is -2.21. The van der Waals surface area contributed by atoms with Gasteiger partial charge in [0.05, 0.1) is 23.3 Å². The van der Waals surface area contributed by atoms with Crippen LogP contribution in [-0.4, -0.2) is 37.1 Å². The van der Waals surface area contributed by atoms with Gasteiger partial charge in [-0.1, -0.05) is 0 Å². The molecule has 0 N–H and O–H groups in total. The standard InChI is InChI=1S/C18H18N2O7/c1-25-18(22)16-7-5-13(27-16)11-26-17(21)14-10-12(20(23)24)4-6-15(14)19-8-2-3-9-19/h4-7,10H,2-3,8-9,11H2,1H3. The first-order valence-electron chi connectivity index (χ1n) is 8.37. The van der Waals surface area contributed by atoms with Gasteiger partial charge in [0.15, 0.2) is 0 Å². The van der Waals surface area contributed by atoms with E-state index in [-0.39, 0.29) is 29.4 Å². The van der Waals surface area contributed by atoms with Crippen molar-refractivity contribution in [3.8, 4) is 0 Å². The van der Waals surface area contributed by atoms with Crippen LogP contribution in [-0.2, 0) is 16.1 Å². The van der Waals surface area contributed by atoms with Crippen LogP contribution < -0.4 is 4.90 Å². The highest BCUT2D eigenvalue weighted by Gasteiger charge is 2.24. The van der Waals surface area contributed by atoms with Crippen molar-refractivity contribution in [1.82, 2.24) is 0 Å². The molecule has 2 aromatic rings. The van der Waals surface area contributed by atoms with Gasteiger partial charge >= 0.3 is 11.9 Å². The number of ether oxygens (including phenoxy) is 2. The molecule has 27 heavy (non-hydrogen) atoms. The number of carbonyl (C=O) groups is 2. The number of methoxy groups -OCH3 is 1. The maximum Gasteiger partial charge on any atom is 0.373 e. The predicted molar refractivity (Wildman–Crippen MR) is 93.7 cm³/mol. The van der Waals surface area contributed by atoms with E-state index >= 15 is 0 Å². The lowest BCUT2D eigenvalue weighted by Gasteiger charge is -2.20. The Balaban J connectivity index is 1.78. The summed E-state index contributed by atoms with van der Waals surface area (Å²) in [4.78, 5) is 36.5. The number of nitro groups is 1. The van der Waals surface area contributed by atoms with E-state index in [0.29, 0.717) is 5.69 Å².